The molecule has 8 nitrogen and oxygen atoms in total. The molecule has 1 aromatic carbocycles. The smallest absolute Gasteiger partial charge is 0.413 e. The highest BCUT2D eigenvalue weighted by Crippen LogP contribution is 2.33. The predicted molar refractivity (Wildman–Crippen MR) is 134 cm³/mol. The van der Waals surface area contributed by atoms with Gasteiger partial charge >= 0.3 is 12.2 Å². The molecule has 0 saturated heterocycles. The third-order valence-corrected chi connectivity index (χ3v) is 4.76. The fourth-order valence-electron chi connectivity index (χ4n) is 3.39. The molecule has 0 bridgehead atoms. The van der Waals surface area contributed by atoms with E-state index in [1.165, 1.54) is 6.07 Å². The van der Waals surface area contributed by atoms with E-state index < -0.39 is 29.2 Å². The number of amides is 2. The first-order valence-electron chi connectivity index (χ1n) is 11.2. The summed E-state index contributed by atoms with van der Waals surface area (Å²) in [6, 6.07) is 6.47. The van der Waals surface area contributed by atoms with Crippen LogP contribution < -0.4 is 10.6 Å². The average molecular weight is 483 g/mol. The molecular weight excluding hydrogens is 451 g/mol. The minimum atomic E-state index is -0.742. The molecule has 35 heavy (non-hydrogen) atoms. The summed E-state index contributed by atoms with van der Waals surface area (Å²) >= 11 is 0. The number of nitrogens with zero attached hydrogens (tertiary/aromatic N) is 2. The molecule has 0 atom stereocenters. The quantitative estimate of drug-likeness (QED) is 0.428. The van der Waals surface area contributed by atoms with Crippen molar-refractivity contribution in [3.63, 3.8) is 0 Å². The van der Waals surface area contributed by atoms with E-state index in [9.17, 15) is 14.0 Å². The highest BCUT2D eigenvalue weighted by atomic mass is 19.1. The fourth-order valence-corrected chi connectivity index (χ4v) is 3.39. The van der Waals surface area contributed by atoms with Gasteiger partial charge in [0.15, 0.2) is 0 Å². The second-order valence-corrected chi connectivity index (χ2v) is 10.3. The van der Waals surface area contributed by atoms with Gasteiger partial charge in [0.25, 0.3) is 0 Å². The zero-order valence-corrected chi connectivity index (χ0v) is 21.3. The largest absolute Gasteiger partial charge is 0.444 e. The number of carbonyl (C=O) groups is 2. The van der Waals surface area contributed by atoms with Gasteiger partial charge in [-0.3, -0.25) is 15.6 Å². The first kappa shape index (κ1) is 25.9. The van der Waals surface area contributed by atoms with E-state index in [1.807, 2.05) is 13.0 Å². The van der Waals surface area contributed by atoms with Crippen LogP contribution in [0.5, 0.6) is 0 Å². The number of aromatic nitrogens is 2. The van der Waals surface area contributed by atoms with E-state index in [4.69, 9.17) is 9.47 Å². The molecule has 3 rings (SSSR count). The SMILES string of the molecule is Cc1cc(F)c(NC(=O)OC(C)(C)C)cc1-c1cc2cnc(NC(=O)OC(C)(C)C)cc2nc1C. The van der Waals surface area contributed by atoms with Crippen molar-refractivity contribution >= 4 is 34.6 Å². The van der Waals surface area contributed by atoms with E-state index in [0.717, 1.165) is 10.9 Å². The Bertz CT molecular complexity index is 1290. The summed E-state index contributed by atoms with van der Waals surface area (Å²) in [6.45, 7) is 14.1. The zero-order valence-electron chi connectivity index (χ0n) is 21.3. The number of pyridine rings is 2. The molecule has 0 unspecified atom stereocenters. The summed E-state index contributed by atoms with van der Waals surface area (Å²) in [5.74, 6) is -0.253. The van der Waals surface area contributed by atoms with Crippen molar-refractivity contribution in [2.24, 2.45) is 0 Å². The zero-order chi connectivity index (χ0) is 26.1. The number of carbonyl (C=O) groups excluding carboxylic acids is 2. The van der Waals surface area contributed by atoms with Gasteiger partial charge in [0.05, 0.1) is 11.2 Å². The Kier molecular flexibility index (Phi) is 7.01. The van der Waals surface area contributed by atoms with Crippen molar-refractivity contribution in [2.45, 2.75) is 66.6 Å². The number of aryl methyl sites for hydroxylation is 2. The molecule has 0 aliphatic carbocycles. The molecule has 3 aromatic rings. The second kappa shape index (κ2) is 9.48. The van der Waals surface area contributed by atoms with Crippen LogP contribution in [0.2, 0.25) is 0 Å². The molecule has 2 heterocycles. The Morgan fingerprint density at radius 1 is 0.857 bits per heavy atom. The van der Waals surface area contributed by atoms with Crippen molar-refractivity contribution in [3.05, 3.63) is 47.5 Å². The Hall–Kier alpha value is -3.75. The fraction of sp³-hybridized carbons (Fsp3) is 0.385. The van der Waals surface area contributed by atoms with Crippen LogP contribution in [0.1, 0.15) is 52.8 Å². The van der Waals surface area contributed by atoms with Crippen LogP contribution in [0.3, 0.4) is 0 Å². The summed E-state index contributed by atoms with van der Waals surface area (Å²) in [5.41, 5.74) is 2.12. The lowest BCUT2D eigenvalue weighted by atomic mass is 9.97. The van der Waals surface area contributed by atoms with Crippen molar-refractivity contribution in [1.29, 1.82) is 0 Å². The van der Waals surface area contributed by atoms with E-state index >= 15 is 0 Å². The lowest BCUT2D eigenvalue weighted by Crippen LogP contribution is -2.27. The average Bonchev–Trinajstić information content (AvgIpc) is 2.67. The number of hydrogen-bond acceptors (Lipinski definition) is 6. The molecule has 186 valence electrons. The van der Waals surface area contributed by atoms with E-state index in [-0.39, 0.29) is 5.69 Å². The predicted octanol–water partition coefficient (Wildman–Crippen LogP) is 6.75. The first-order valence-corrected chi connectivity index (χ1v) is 11.2. The summed E-state index contributed by atoms with van der Waals surface area (Å²) in [6.07, 6.45) is 0.245. The third-order valence-electron chi connectivity index (χ3n) is 4.76. The first-order chi connectivity index (χ1) is 16.1. The number of rotatable bonds is 3. The molecule has 2 aromatic heterocycles. The molecule has 0 aliphatic rings. The Morgan fingerprint density at radius 2 is 1.46 bits per heavy atom. The summed E-state index contributed by atoms with van der Waals surface area (Å²) in [5, 5.41) is 5.82. The molecule has 2 amide bonds. The van der Waals surface area contributed by atoms with Crippen molar-refractivity contribution in [3.8, 4) is 11.1 Å². The van der Waals surface area contributed by atoms with Crippen molar-refractivity contribution in [1.82, 2.24) is 9.97 Å². The number of hydrogen-bond donors (Lipinski definition) is 2. The molecule has 0 aliphatic heterocycles. The van der Waals surface area contributed by atoms with Crippen LogP contribution in [0.15, 0.2) is 30.5 Å². The summed E-state index contributed by atoms with van der Waals surface area (Å²) in [4.78, 5) is 33.2. The van der Waals surface area contributed by atoms with Gasteiger partial charge in [-0.1, -0.05) is 0 Å². The van der Waals surface area contributed by atoms with Gasteiger partial charge in [0, 0.05) is 28.9 Å². The maximum atomic E-state index is 14.6. The van der Waals surface area contributed by atoms with Gasteiger partial charge in [-0.2, -0.15) is 0 Å². The molecular formula is C26H31FN4O4. The van der Waals surface area contributed by atoms with Crippen LogP contribution in [0.25, 0.3) is 22.0 Å². The number of nitrogens with one attached hydrogen (secondary N) is 2. The Morgan fingerprint density at radius 3 is 2.06 bits per heavy atom. The van der Waals surface area contributed by atoms with Crippen LogP contribution in [0, 0.1) is 19.7 Å². The van der Waals surface area contributed by atoms with Crippen LogP contribution in [-0.2, 0) is 9.47 Å². The molecule has 0 radical (unpaired) electrons. The Labute approximate surface area is 204 Å². The maximum Gasteiger partial charge on any atom is 0.413 e. The number of anilines is 2. The van der Waals surface area contributed by atoms with Crippen molar-refractivity contribution < 1.29 is 23.5 Å². The number of fused-ring (bicyclic) bond motifs is 1. The molecule has 2 N–H and O–H groups in total. The van der Waals surface area contributed by atoms with Gasteiger partial charge in [-0.25, -0.2) is 19.0 Å². The highest BCUT2D eigenvalue weighted by Gasteiger charge is 2.20. The van der Waals surface area contributed by atoms with E-state index in [2.05, 4.69) is 20.6 Å². The number of halogens is 1. The lowest BCUT2D eigenvalue weighted by Gasteiger charge is -2.20. The topological polar surface area (TPSA) is 102 Å². The van der Waals surface area contributed by atoms with E-state index in [1.54, 1.807) is 66.8 Å². The minimum Gasteiger partial charge on any atom is -0.444 e. The molecule has 0 spiro atoms. The van der Waals surface area contributed by atoms with E-state index in [0.29, 0.717) is 28.2 Å². The standard InChI is InChI=1S/C26H31FN4O4/c1-14-9-19(27)21(30-23(32)34-25(3,4)5)11-17(14)18-10-16-13-28-22(12-20(16)29-15(18)2)31-24(33)35-26(6,7)8/h9-13H,1-8H3,(H,30,32)(H,28,31,33). The Balaban J connectivity index is 1.94. The minimum absolute atomic E-state index is 0.00869. The highest BCUT2D eigenvalue weighted by molar-refractivity contribution is 5.91. The molecule has 9 heteroatoms. The monoisotopic (exact) mass is 482 g/mol. The third kappa shape index (κ3) is 6.88. The van der Waals surface area contributed by atoms with Crippen LogP contribution in [0.4, 0.5) is 25.5 Å². The van der Waals surface area contributed by atoms with Crippen LogP contribution >= 0.6 is 0 Å². The van der Waals surface area contributed by atoms with Crippen molar-refractivity contribution in [2.75, 3.05) is 10.6 Å². The van der Waals surface area contributed by atoms with Gasteiger partial charge in [-0.05, 0) is 84.7 Å². The second-order valence-electron chi connectivity index (χ2n) is 10.3. The lowest BCUT2D eigenvalue weighted by molar-refractivity contribution is 0.0624. The normalized spacial score (nSPS) is 11.8. The maximum absolute atomic E-state index is 14.6. The van der Waals surface area contributed by atoms with Gasteiger partial charge in [0.1, 0.15) is 22.8 Å². The molecule has 0 fully saturated rings. The van der Waals surface area contributed by atoms with Gasteiger partial charge < -0.3 is 9.47 Å². The summed E-state index contributed by atoms with van der Waals surface area (Å²) < 4.78 is 25.1. The van der Waals surface area contributed by atoms with Crippen LogP contribution in [-0.4, -0.2) is 33.4 Å². The molecule has 0 saturated carbocycles. The summed E-state index contributed by atoms with van der Waals surface area (Å²) in [7, 11) is 0. The van der Waals surface area contributed by atoms with Gasteiger partial charge in [0.2, 0.25) is 0 Å². The number of ether oxygens (including phenoxy) is 2. The number of benzene rings is 1. The van der Waals surface area contributed by atoms with Gasteiger partial charge in [-0.15, -0.1) is 0 Å².